The number of hydrazone groups is 1. The molecule has 0 aliphatic heterocycles. The van der Waals surface area contributed by atoms with Crippen LogP contribution in [0.5, 0.6) is 0 Å². The Morgan fingerprint density at radius 2 is 1.82 bits per heavy atom. The number of benzene rings is 2. The Morgan fingerprint density at radius 3 is 2.41 bits per heavy atom. The zero-order chi connectivity index (χ0) is 16.3. The van der Waals surface area contributed by atoms with Crippen LogP contribution in [0.15, 0.2) is 41.5 Å². The molecule has 0 amide bonds. The molecule has 2 aromatic carbocycles. The van der Waals surface area contributed by atoms with E-state index >= 15 is 0 Å². The third kappa shape index (κ3) is 3.59. The Kier molecular flexibility index (Phi) is 4.72. The molecule has 0 bridgehead atoms. The summed E-state index contributed by atoms with van der Waals surface area (Å²) in [6.45, 7) is 1.50. The Balaban J connectivity index is 2.19. The normalized spacial score (nSPS) is 11.4. The van der Waals surface area contributed by atoms with E-state index in [9.17, 15) is 13.6 Å². The molecule has 0 aromatic heterocycles. The van der Waals surface area contributed by atoms with Gasteiger partial charge in [-0.15, -0.1) is 0 Å². The van der Waals surface area contributed by atoms with Gasteiger partial charge in [0.2, 0.25) is 0 Å². The molecule has 0 radical (unpaired) electrons. The van der Waals surface area contributed by atoms with Gasteiger partial charge >= 0.3 is 5.97 Å². The SMILES string of the molecule is CC(=NNc1ccc(C(=O)O)cc1)c1cc(F)c(Cl)cc1F. The van der Waals surface area contributed by atoms with E-state index in [1.54, 1.807) is 0 Å². The maximum Gasteiger partial charge on any atom is 0.335 e. The summed E-state index contributed by atoms with van der Waals surface area (Å²) in [6, 6.07) is 7.67. The van der Waals surface area contributed by atoms with E-state index in [2.05, 4.69) is 10.5 Å². The summed E-state index contributed by atoms with van der Waals surface area (Å²) in [6.07, 6.45) is 0. The van der Waals surface area contributed by atoms with Crippen LogP contribution in [0.3, 0.4) is 0 Å². The minimum Gasteiger partial charge on any atom is -0.478 e. The quantitative estimate of drug-likeness (QED) is 0.504. The molecule has 7 heteroatoms. The van der Waals surface area contributed by atoms with Crippen molar-refractivity contribution in [2.24, 2.45) is 5.10 Å². The number of anilines is 1. The van der Waals surface area contributed by atoms with Gasteiger partial charge in [0.15, 0.2) is 0 Å². The molecular formula is C15H11ClF2N2O2. The first-order chi connectivity index (χ1) is 10.4. The Bertz CT molecular complexity index is 746. The van der Waals surface area contributed by atoms with Gasteiger partial charge in [-0.2, -0.15) is 5.10 Å². The van der Waals surface area contributed by atoms with Gasteiger partial charge in [-0.3, -0.25) is 5.43 Å². The number of carbonyl (C=O) groups is 1. The standard InChI is InChI=1S/C15H11ClF2N2O2/c1-8(11-6-14(18)12(16)7-13(11)17)19-20-10-4-2-9(3-5-10)15(21)22/h2-7,20H,1H3,(H,21,22). The van der Waals surface area contributed by atoms with Gasteiger partial charge in [0, 0.05) is 5.56 Å². The van der Waals surface area contributed by atoms with E-state index in [0.717, 1.165) is 12.1 Å². The maximum atomic E-state index is 13.7. The smallest absolute Gasteiger partial charge is 0.335 e. The van der Waals surface area contributed by atoms with Gasteiger partial charge in [-0.05, 0) is 43.3 Å². The summed E-state index contributed by atoms with van der Waals surface area (Å²) in [5.41, 5.74) is 3.49. The number of carboxylic acids is 1. The fourth-order valence-corrected chi connectivity index (χ4v) is 1.85. The molecule has 0 saturated carbocycles. The van der Waals surface area contributed by atoms with Crippen molar-refractivity contribution in [2.75, 3.05) is 5.43 Å². The largest absolute Gasteiger partial charge is 0.478 e. The fourth-order valence-electron chi connectivity index (χ4n) is 1.70. The van der Waals surface area contributed by atoms with E-state index in [1.807, 2.05) is 0 Å². The molecular weight excluding hydrogens is 314 g/mol. The molecule has 0 fully saturated rings. The summed E-state index contributed by atoms with van der Waals surface area (Å²) in [4.78, 5) is 10.7. The molecule has 0 saturated heterocycles. The van der Waals surface area contributed by atoms with Gasteiger partial charge in [-0.25, -0.2) is 13.6 Å². The topological polar surface area (TPSA) is 61.7 Å². The molecule has 4 nitrogen and oxygen atoms in total. The molecule has 0 heterocycles. The molecule has 0 atom stereocenters. The average Bonchev–Trinajstić information content (AvgIpc) is 2.49. The maximum absolute atomic E-state index is 13.7. The minimum atomic E-state index is -1.04. The van der Waals surface area contributed by atoms with E-state index < -0.39 is 17.6 Å². The van der Waals surface area contributed by atoms with Crippen LogP contribution in [0.1, 0.15) is 22.8 Å². The van der Waals surface area contributed by atoms with E-state index in [1.165, 1.54) is 31.2 Å². The Hall–Kier alpha value is -2.47. The second-order valence-corrected chi connectivity index (χ2v) is 4.84. The molecule has 0 aliphatic rings. The van der Waals surface area contributed by atoms with Gasteiger partial charge in [-0.1, -0.05) is 11.6 Å². The third-order valence-electron chi connectivity index (χ3n) is 2.88. The van der Waals surface area contributed by atoms with Crippen molar-refractivity contribution < 1.29 is 18.7 Å². The number of hydrogen-bond donors (Lipinski definition) is 2. The molecule has 114 valence electrons. The van der Waals surface area contributed by atoms with E-state index in [0.29, 0.717) is 5.69 Å². The highest BCUT2D eigenvalue weighted by Gasteiger charge is 2.11. The van der Waals surface area contributed by atoms with Crippen LogP contribution in [-0.4, -0.2) is 16.8 Å². The van der Waals surface area contributed by atoms with E-state index in [-0.39, 0.29) is 21.9 Å². The van der Waals surface area contributed by atoms with E-state index in [4.69, 9.17) is 16.7 Å². The van der Waals surface area contributed by atoms with Crippen molar-refractivity contribution in [3.8, 4) is 0 Å². The molecule has 0 aliphatic carbocycles. The Morgan fingerprint density at radius 1 is 1.18 bits per heavy atom. The number of nitrogens with one attached hydrogen (secondary N) is 1. The van der Waals surface area contributed by atoms with Crippen LogP contribution >= 0.6 is 11.6 Å². The number of halogens is 3. The van der Waals surface area contributed by atoms with Gasteiger partial charge in [0.05, 0.1) is 22.0 Å². The van der Waals surface area contributed by atoms with Crippen molar-refractivity contribution in [3.05, 3.63) is 64.2 Å². The number of rotatable bonds is 4. The molecule has 2 rings (SSSR count). The third-order valence-corrected chi connectivity index (χ3v) is 3.17. The van der Waals surface area contributed by atoms with Crippen LogP contribution in [0.2, 0.25) is 5.02 Å². The predicted molar refractivity (Wildman–Crippen MR) is 80.6 cm³/mol. The molecule has 0 unspecified atom stereocenters. The van der Waals surface area contributed by atoms with Crippen LogP contribution in [0.25, 0.3) is 0 Å². The first-order valence-electron chi connectivity index (χ1n) is 6.17. The zero-order valence-corrected chi connectivity index (χ0v) is 12.2. The molecule has 22 heavy (non-hydrogen) atoms. The van der Waals surface area contributed by atoms with Gasteiger partial charge in [0.1, 0.15) is 11.6 Å². The summed E-state index contributed by atoms with van der Waals surface area (Å²) in [7, 11) is 0. The van der Waals surface area contributed by atoms with Crippen molar-refractivity contribution in [3.63, 3.8) is 0 Å². The lowest BCUT2D eigenvalue weighted by Crippen LogP contribution is -2.04. The summed E-state index contributed by atoms with van der Waals surface area (Å²) < 4.78 is 27.1. The van der Waals surface area contributed by atoms with Gasteiger partial charge in [0.25, 0.3) is 0 Å². The number of nitrogens with zero attached hydrogens (tertiary/aromatic N) is 1. The highest BCUT2D eigenvalue weighted by Crippen LogP contribution is 2.20. The van der Waals surface area contributed by atoms with Crippen LogP contribution in [0, 0.1) is 11.6 Å². The highest BCUT2D eigenvalue weighted by atomic mass is 35.5. The molecule has 0 spiro atoms. The monoisotopic (exact) mass is 324 g/mol. The highest BCUT2D eigenvalue weighted by molar-refractivity contribution is 6.30. The first-order valence-corrected chi connectivity index (χ1v) is 6.55. The van der Waals surface area contributed by atoms with Crippen molar-refractivity contribution >= 4 is 29.0 Å². The average molecular weight is 325 g/mol. The number of hydrogen-bond acceptors (Lipinski definition) is 3. The lowest BCUT2D eigenvalue weighted by atomic mass is 10.1. The lowest BCUT2D eigenvalue weighted by molar-refractivity contribution is 0.0697. The van der Waals surface area contributed by atoms with Crippen LogP contribution in [-0.2, 0) is 0 Å². The molecule has 2 aromatic rings. The number of carboxylic acid groups (broad SMARTS) is 1. The second kappa shape index (κ2) is 6.53. The summed E-state index contributed by atoms with van der Waals surface area (Å²) >= 11 is 5.49. The zero-order valence-electron chi connectivity index (χ0n) is 11.4. The Labute approximate surface area is 130 Å². The van der Waals surface area contributed by atoms with Crippen molar-refractivity contribution in [1.82, 2.24) is 0 Å². The van der Waals surface area contributed by atoms with Crippen LogP contribution < -0.4 is 5.43 Å². The fraction of sp³-hybridized carbons (Fsp3) is 0.0667. The predicted octanol–water partition coefficient (Wildman–Crippen LogP) is 4.15. The lowest BCUT2D eigenvalue weighted by Gasteiger charge is -2.06. The first kappa shape index (κ1) is 15.9. The second-order valence-electron chi connectivity index (χ2n) is 4.44. The summed E-state index contributed by atoms with van der Waals surface area (Å²) in [5.74, 6) is -2.46. The number of aromatic carboxylic acids is 1. The molecule has 2 N–H and O–H groups in total. The van der Waals surface area contributed by atoms with Gasteiger partial charge < -0.3 is 5.11 Å². The van der Waals surface area contributed by atoms with Crippen LogP contribution in [0.4, 0.5) is 14.5 Å². The van der Waals surface area contributed by atoms with Crippen molar-refractivity contribution in [1.29, 1.82) is 0 Å². The summed E-state index contributed by atoms with van der Waals surface area (Å²) in [5, 5.41) is 12.4. The minimum absolute atomic E-state index is 0.0171. The van der Waals surface area contributed by atoms with Crippen molar-refractivity contribution in [2.45, 2.75) is 6.92 Å².